The molecule has 0 heterocycles. The monoisotopic (exact) mass is 172 g/mol. The van der Waals surface area contributed by atoms with Gasteiger partial charge in [-0.2, -0.15) is 0 Å². The molecule has 0 spiro atoms. The standard InChI is InChI=1S/C9H16O3/c1-7-3-5-9(2,6-4-7)12-8(10)11/h7H,3-6H2,1-2H3,(H,10,11). The molecule has 0 atom stereocenters. The van der Waals surface area contributed by atoms with Crippen LogP contribution in [-0.2, 0) is 4.74 Å². The molecule has 0 unspecified atom stereocenters. The van der Waals surface area contributed by atoms with Gasteiger partial charge in [-0.1, -0.05) is 6.92 Å². The van der Waals surface area contributed by atoms with Crippen molar-refractivity contribution >= 4 is 6.16 Å². The Morgan fingerprint density at radius 3 is 2.42 bits per heavy atom. The Balaban J connectivity index is 2.44. The van der Waals surface area contributed by atoms with Gasteiger partial charge in [0.2, 0.25) is 0 Å². The fourth-order valence-electron chi connectivity index (χ4n) is 1.69. The van der Waals surface area contributed by atoms with E-state index in [2.05, 4.69) is 6.92 Å². The van der Waals surface area contributed by atoms with E-state index in [0.29, 0.717) is 0 Å². The van der Waals surface area contributed by atoms with Crippen LogP contribution in [0.3, 0.4) is 0 Å². The Hall–Kier alpha value is -0.730. The van der Waals surface area contributed by atoms with E-state index in [1.807, 2.05) is 6.92 Å². The number of carbonyl (C=O) groups is 1. The summed E-state index contributed by atoms with van der Waals surface area (Å²) in [5.74, 6) is 0.718. The second-order valence-electron chi connectivity index (χ2n) is 4.00. The third-order valence-electron chi connectivity index (χ3n) is 2.67. The average molecular weight is 172 g/mol. The average Bonchev–Trinajstić information content (AvgIpc) is 1.94. The number of carboxylic acid groups (broad SMARTS) is 1. The summed E-state index contributed by atoms with van der Waals surface area (Å²) >= 11 is 0. The van der Waals surface area contributed by atoms with Gasteiger partial charge in [-0.25, -0.2) is 4.79 Å². The Bertz CT molecular complexity index is 169. The summed E-state index contributed by atoms with van der Waals surface area (Å²) in [6.07, 6.45) is 2.72. The molecule has 1 fully saturated rings. The van der Waals surface area contributed by atoms with Gasteiger partial charge in [0, 0.05) is 0 Å². The molecule has 0 aromatic rings. The fraction of sp³-hybridized carbons (Fsp3) is 0.889. The molecular formula is C9H16O3. The van der Waals surface area contributed by atoms with E-state index in [-0.39, 0.29) is 0 Å². The van der Waals surface area contributed by atoms with Crippen molar-refractivity contribution in [2.75, 3.05) is 0 Å². The van der Waals surface area contributed by atoms with Crippen molar-refractivity contribution in [3.05, 3.63) is 0 Å². The van der Waals surface area contributed by atoms with Crippen LogP contribution in [0.5, 0.6) is 0 Å². The van der Waals surface area contributed by atoms with Crippen molar-refractivity contribution in [1.82, 2.24) is 0 Å². The largest absolute Gasteiger partial charge is 0.506 e. The highest BCUT2D eigenvalue weighted by molar-refractivity contribution is 5.57. The number of hydrogen-bond donors (Lipinski definition) is 1. The first-order valence-electron chi connectivity index (χ1n) is 4.44. The van der Waals surface area contributed by atoms with Gasteiger partial charge < -0.3 is 9.84 Å². The third-order valence-corrected chi connectivity index (χ3v) is 2.67. The molecule has 0 saturated heterocycles. The Kier molecular flexibility index (Phi) is 2.60. The Labute approximate surface area is 72.7 Å². The number of rotatable bonds is 1. The van der Waals surface area contributed by atoms with Crippen LogP contribution in [0.2, 0.25) is 0 Å². The van der Waals surface area contributed by atoms with Gasteiger partial charge in [0.15, 0.2) is 0 Å². The van der Waals surface area contributed by atoms with E-state index in [1.165, 1.54) is 0 Å². The maximum atomic E-state index is 10.3. The quantitative estimate of drug-likeness (QED) is 0.618. The van der Waals surface area contributed by atoms with Crippen LogP contribution in [0, 0.1) is 5.92 Å². The topological polar surface area (TPSA) is 46.5 Å². The molecule has 1 aliphatic rings. The fourth-order valence-corrected chi connectivity index (χ4v) is 1.69. The third kappa shape index (κ3) is 2.40. The summed E-state index contributed by atoms with van der Waals surface area (Å²) in [7, 11) is 0. The lowest BCUT2D eigenvalue weighted by Crippen LogP contribution is -2.35. The van der Waals surface area contributed by atoms with Crippen molar-refractivity contribution in [2.45, 2.75) is 45.1 Å². The lowest BCUT2D eigenvalue weighted by Gasteiger charge is -2.34. The van der Waals surface area contributed by atoms with Crippen LogP contribution in [-0.4, -0.2) is 16.9 Å². The number of ether oxygens (including phenoxy) is 1. The molecule has 0 aliphatic heterocycles. The first-order valence-corrected chi connectivity index (χ1v) is 4.44. The van der Waals surface area contributed by atoms with Gasteiger partial charge in [-0.3, -0.25) is 0 Å². The molecule has 0 amide bonds. The molecule has 0 bridgehead atoms. The molecule has 1 N–H and O–H groups in total. The lowest BCUT2D eigenvalue weighted by molar-refractivity contribution is -0.0359. The predicted molar refractivity (Wildman–Crippen MR) is 45.1 cm³/mol. The van der Waals surface area contributed by atoms with Crippen molar-refractivity contribution in [3.8, 4) is 0 Å². The SMILES string of the molecule is CC1CCC(C)(OC(=O)O)CC1. The highest BCUT2D eigenvalue weighted by Crippen LogP contribution is 2.34. The van der Waals surface area contributed by atoms with Crippen molar-refractivity contribution < 1.29 is 14.6 Å². The van der Waals surface area contributed by atoms with Crippen LogP contribution in [0.25, 0.3) is 0 Å². The van der Waals surface area contributed by atoms with E-state index < -0.39 is 11.8 Å². The molecule has 3 nitrogen and oxygen atoms in total. The van der Waals surface area contributed by atoms with Gasteiger partial charge in [0.1, 0.15) is 5.60 Å². The predicted octanol–water partition coefficient (Wildman–Crippen LogP) is 2.65. The van der Waals surface area contributed by atoms with Crippen molar-refractivity contribution in [1.29, 1.82) is 0 Å². The van der Waals surface area contributed by atoms with Crippen LogP contribution in [0.1, 0.15) is 39.5 Å². The maximum Gasteiger partial charge on any atom is 0.506 e. The van der Waals surface area contributed by atoms with Crippen LogP contribution < -0.4 is 0 Å². The van der Waals surface area contributed by atoms with Crippen LogP contribution in [0.4, 0.5) is 4.79 Å². The summed E-state index contributed by atoms with van der Waals surface area (Å²) in [5.41, 5.74) is -0.418. The van der Waals surface area contributed by atoms with Gasteiger partial charge in [0.05, 0.1) is 0 Å². The zero-order valence-corrected chi connectivity index (χ0v) is 7.67. The van der Waals surface area contributed by atoms with E-state index in [4.69, 9.17) is 9.84 Å². The smallest absolute Gasteiger partial charge is 0.450 e. The summed E-state index contributed by atoms with van der Waals surface area (Å²) in [6.45, 7) is 4.08. The Morgan fingerprint density at radius 2 is 2.00 bits per heavy atom. The molecule has 0 aromatic carbocycles. The lowest BCUT2D eigenvalue weighted by atomic mass is 9.81. The summed E-state index contributed by atoms with van der Waals surface area (Å²) in [4.78, 5) is 10.3. The van der Waals surface area contributed by atoms with Crippen molar-refractivity contribution in [3.63, 3.8) is 0 Å². The zero-order valence-electron chi connectivity index (χ0n) is 7.67. The van der Waals surface area contributed by atoms with Gasteiger partial charge >= 0.3 is 6.16 Å². The minimum absolute atomic E-state index is 0.418. The summed E-state index contributed by atoms with van der Waals surface area (Å²) in [6, 6.07) is 0. The Morgan fingerprint density at radius 1 is 1.50 bits per heavy atom. The molecule has 1 aliphatic carbocycles. The molecule has 1 saturated carbocycles. The molecule has 1 rings (SSSR count). The molecule has 0 aromatic heterocycles. The second-order valence-corrected chi connectivity index (χ2v) is 4.00. The maximum absolute atomic E-state index is 10.3. The van der Waals surface area contributed by atoms with Crippen LogP contribution in [0.15, 0.2) is 0 Å². The van der Waals surface area contributed by atoms with E-state index in [9.17, 15) is 4.79 Å². The highest BCUT2D eigenvalue weighted by Gasteiger charge is 2.32. The zero-order chi connectivity index (χ0) is 9.19. The molecule has 70 valence electrons. The summed E-state index contributed by atoms with van der Waals surface area (Å²) < 4.78 is 4.84. The molecule has 0 radical (unpaired) electrons. The number of hydrogen-bond acceptors (Lipinski definition) is 2. The van der Waals surface area contributed by atoms with Crippen LogP contribution >= 0.6 is 0 Å². The van der Waals surface area contributed by atoms with Gasteiger partial charge in [-0.15, -0.1) is 0 Å². The van der Waals surface area contributed by atoms with E-state index in [1.54, 1.807) is 0 Å². The molecule has 12 heavy (non-hydrogen) atoms. The highest BCUT2D eigenvalue weighted by atomic mass is 16.7. The minimum atomic E-state index is -1.15. The van der Waals surface area contributed by atoms with E-state index in [0.717, 1.165) is 31.6 Å². The van der Waals surface area contributed by atoms with Gasteiger partial charge in [0.25, 0.3) is 0 Å². The molecular weight excluding hydrogens is 156 g/mol. The normalized spacial score (nSPS) is 36.0. The van der Waals surface area contributed by atoms with Crippen molar-refractivity contribution in [2.24, 2.45) is 5.92 Å². The minimum Gasteiger partial charge on any atom is -0.450 e. The first-order chi connectivity index (χ1) is 5.52. The summed E-state index contributed by atoms with van der Waals surface area (Å²) in [5, 5.41) is 8.47. The second kappa shape index (κ2) is 3.33. The van der Waals surface area contributed by atoms with Gasteiger partial charge in [-0.05, 0) is 38.5 Å². The molecule has 3 heteroatoms. The first kappa shape index (κ1) is 9.36. The van der Waals surface area contributed by atoms with E-state index >= 15 is 0 Å².